The van der Waals surface area contributed by atoms with Gasteiger partial charge in [-0.2, -0.15) is 0 Å². The molecule has 0 fully saturated rings. The summed E-state index contributed by atoms with van der Waals surface area (Å²) in [6.07, 6.45) is 0.885. The zero-order chi connectivity index (χ0) is 16.6. The summed E-state index contributed by atoms with van der Waals surface area (Å²) in [5.41, 5.74) is 0.765. The highest BCUT2D eigenvalue weighted by atomic mass is 31.2. The summed E-state index contributed by atoms with van der Waals surface area (Å²) in [4.78, 5) is 39.6. The maximum atomic E-state index is 12.8. The molecule has 1 aromatic rings. The van der Waals surface area contributed by atoms with Gasteiger partial charge in [-0.1, -0.05) is 43.7 Å². The van der Waals surface area contributed by atoms with E-state index in [0.717, 1.165) is 5.56 Å². The molecule has 2 unspecified atom stereocenters. The van der Waals surface area contributed by atoms with Gasteiger partial charge >= 0.3 is 7.60 Å². The summed E-state index contributed by atoms with van der Waals surface area (Å²) in [6, 6.07) is 9.04. The molecule has 0 aromatic heterocycles. The second kappa shape index (κ2) is 9.26. The van der Waals surface area contributed by atoms with Gasteiger partial charge in [0, 0.05) is 5.16 Å². The molecule has 0 radical (unpaired) electrons. The van der Waals surface area contributed by atoms with Crippen molar-refractivity contribution in [3.8, 4) is 0 Å². The minimum absolute atomic E-state index is 0.0266. The van der Waals surface area contributed by atoms with Crippen LogP contribution in [0.5, 0.6) is 0 Å². The molecule has 0 saturated heterocycles. The van der Waals surface area contributed by atoms with Gasteiger partial charge in [-0.15, -0.1) is 0 Å². The number of hydrogen-bond donors (Lipinski definition) is 4. The van der Waals surface area contributed by atoms with E-state index < -0.39 is 46.8 Å². The Morgan fingerprint density at radius 3 is 2.27 bits per heavy atom. The maximum absolute atomic E-state index is 12.8. The fourth-order valence-electron chi connectivity index (χ4n) is 2.57. The van der Waals surface area contributed by atoms with Crippen LogP contribution in [0.3, 0.4) is 0 Å². The zero-order valence-corrected chi connectivity index (χ0v) is 17.9. The first kappa shape index (κ1) is 19.9. The van der Waals surface area contributed by atoms with Crippen LogP contribution in [0, 0.1) is 0 Å². The molecule has 0 aliphatic rings. The van der Waals surface area contributed by atoms with Gasteiger partial charge in [0.05, 0.1) is 11.4 Å². The summed E-state index contributed by atoms with van der Waals surface area (Å²) < 4.78 is 16.8. The molecule has 0 saturated carbocycles. The molecule has 2 atom stereocenters. The monoisotopic (exact) mass is 380 g/mol. The lowest BCUT2D eigenvalue weighted by Crippen LogP contribution is -2.46. The van der Waals surface area contributed by atoms with Crippen molar-refractivity contribution in [1.29, 1.82) is 0 Å². The van der Waals surface area contributed by atoms with E-state index >= 15 is 0 Å². The Bertz CT molecular complexity index is 487. The third-order valence-electron chi connectivity index (χ3n) is 3.97. The summed E-state index contributed by atoms with van der Waals surface area (Å²) >= 11 is 0. The summed E-state index contributed by atoms with van der Waals surface area (Å²) in [7, 11) is -9.48. The molecule has 1 aromatic carbocycles. The van der Waals surface area contributed by atoms with Crippen molar-refractivity contribution in [1.82, 2.24) is 0 Å². The van der Waals surface area contributed by atoms with Crippen molar-refractivity contribution >= 4 is 36.9 Å². The lowest BCUT2D eigenvalue weighted by molar-refractivity contribution is 0.231. The number of rotatable bonds is 10. The molecule has 0 aliphatic carbocycles. The zero-order valence-electron chi connectivity index (χ0n) is 12.8. The first-order chi connectivity index (χ1) is 10.5. The van der Waals surface area contributed by atoms with Gasteiger partial charge in [-0.25, -0.2) is 0 Å². The topological polar surface area (TPSA) is 107 Å². The average molecular weight is 381 g/mol. The summed E-state index contributed by atoms with van der Waals surface area (Å²) in [5, 5.41) is -0.587. The molecule has 4 N–H and O–H groups in total. The van der Waals surface area contributed by atoms with E-state index in [9.17, 15) is 23.8 Å². The smallest absolute Gasteiger partial charge is 0.333 e. The van der Waals surface area contributed by atoms with Crippen LogP contribution in [0.25, 0.3) is 0 Å². The van der Waals surface area contributed by atoms with Crippen LogP contribution in [-0.2, 0) is 15.7 Å². The first-order valence-electron chi connectivity index (χ1n) is 7.31. The molecule has 22 heavy (non-hydrogen) atoms. The van der Waals surface area contributed by atoms with Crippen molar-refractivity contribution < 1.29 is 28.4 Å². The van der Waals surface area contributed by atoms with E-state index in [0.29, 0.717) is 12.8 Å². The molecular weight excluding hydrogens is 355 g/mol. The Morgan fingerprint density at radius 2 is 1.82 bits per heavy atom. The minimum Gasteiger partial charge on any atom is -0.438 e. The minimum atomic E-state index is -4.14. The highest BCUT2D eigenvalue weighted by Crippen LogP contribution is 2.61. The Hall–Kier alpha value is -0.0994. The lowest BCUT2D eigenvalue weighted by Gasteiger charge is -2.39. The molecule has 10 heteroatoms. The van der Waals surface area contributed by atoms with Crippen LogP contribution < -0.4 is 0 Å². The molecule has 0 bridgehead atoms. The molecular formula is C12H25O6PSi3. The Kier molecular flexibility index (Phi) is 8.39. The van der Waals surface area contributed by atoms with Gasteiger partial charge in [-0.05, 0) is 12.0 Å². The Labute approximate surface area is 137 Å². The van der Waals surface area contributed by atoms with Crippen LogP contribution >= 0.6 is 7.60 Å². The van der Waals surface area contributed by atoms with E-state index in [4.69, 9.17) is 4.52 Å². The second-order valence-corrected chi connectivity index (χ2v) is 13.6. The van der Waals surface area contributed by atoms with Crippen molar-refractivity contribution in [2.75, 3.05) is 0 Å². The van der Waals surface area contributed by atoms with Gasteiger partial charge in [-0.3, -0.25) is 4.57 Å². The highest BCUT2D eigenvalue weighted by Gasteiger charge is 2.53. The van der Waals surface area contributed by atoms with Gasteiger partial charge in [0.2, 0.25) is 0 Å². The third kappa shape index (κ3) is 4.47. The van der Waals surface area contributed by atoms with Crippen LogP contribution in [0.4, 0.5) is 0 Å². The largest absolute Gasteiger partial charge is 0.438 e. The highest BCUT2D eigenvalue weighted by molar-refractivity contribution is 7.57. The van der Waals surface area contributed by atoms with Gasteiger partial charge in [0.15, 0.2) is 29.3 Å². The van der Waals surface area contributed by atoms with Crippen LogP contribution in [-0.4, -0.2) is 53.3 Å². The fourth-order valence-corrected chi connectivity index (χ4v) is 10.8. The van der Waals surface area contributed by atoms with Gasteiger partial charge < -0.3 is 23.8 Å². The van der Waals surface area contributed by atoms with Crippen molar-refractivity contribution in [2.24, 2.45) is 0 Å². The third-order valence-corrected chi connectivity index (χ3v) is 15.1. The SMILES string of the molecule is CCCC([SiH2]O)(C([SiH2]O)[SiH2]O)P(=O)(O)OCc1ccccc1. The Morgan fingerprint density at radius 1 is 1.23 bits per heavy atom. The Balaban J connectivity index is 3.02. The summed E-state index contributed by atoms with van der Waals surface area (Å²) in [6.45, 7) is 1.83. The lowest BCUT2D eigenvalue weighted by atomic mass is 10.2. The molecule has 0 amide bonds. The number of benzene rings is 1. The average Bonchev–Trinajstić information content (AvgIpc) is 2.54. The standard InChI is InChI=1S/C12H25O6PSi3/c1-2-8-12(22-17,11(20-15)21-16)19(13,14)18-9-10-6-4-3-5-7-10/h3-7,11,15-17H,2,8-9,20-22H2,1H3,(H,13,14). The fraction of sp³-hybridized carbons (Fsp3) is 0.500. The van der Waals surface area contributed by atoms with Crippen molar-refractivity contribution in [3.63, 3.8) is 0 Å². The quantitative estimate of drug-likeness (QED) is 0.302. The molecule has 6 nitrogen and oxygen atoms in total. The van der Waals surface area contributed by atoms with E-state index in [2.05, 4.69) is 0 Å². The maximum Gasteiger partial charge on any atom is 0.333 e. The van der Waals surface area contributed by atoms with Gasteiger partial charge in [0.1, 0.15) is 0 Å². The van der Waals surface area contributed by atoms with E-state index in [1.807, 2.05) is 25.1 Å². The van der Waals surface area contributed by atoms with Crippen molar-refractivity contribution in [3.05, 3.63) is 35.9 Å². The second-order valence-electron chi connectivity index (χ2n) is 5.35. The van der Waals surface area contributed by atoms with E-state index in [1.54, 1.807) is 12.1 Å². The molecule has 126 valence electrons. The number of hydrogen-bond acceptors (Lipinski definition) is 5. The van der Waals surface area contributed by atoms with Crippen LogP contribution in [0.2, 0.25) is 5.16 Å². The first-order valence-corrected chi connectivity index (χ1v) is 13.1. The molecule has 0 aliphatic heterocycles. The normalized spacial score (nSPS) is 20.0. The molecule has 1 rings (SSSR count). The predicted molar refractivity (Wildman–Crippen MR) is 94.7 cm³/mol. The predicted octanol–water partition coefficient (Wildman–Crippen LogP) is -1.14. The summed E-state index contributed by atoms with van der Waals surface area (Å²) in [5.74, 6) is 0. The van der Waals surface area contributed by atoms with Crippen LogP contribution in [0.15, 0.2) is 30.3 Å². The van der Waals surface area contributed by atoms with E-state index in [1.165, 1.54) is 0 Å². The molecule has 0 heterocycles. The van der Waals surface area contributed by atoms with Crippen molar-refractivity contribution in [2.45, 2.75) is 36.3 Å². The molecule has 0 spiro atoms. The van der Waals surface area contributed by atoms with Crippen LogP contribution in [0.1, 0.15) is 25.3 Å². The van der Waals surface area contributed by atoms with Gasteiger partial charge in [0.25, 0.3) is 0 Å². The van der Waals surface area contributed by atoms with E-state index in [-0.39, 0.29) is 6.61 Å².